The van der Waals surface area contributed by atoms with E-state index in [-0.39, 0.29) is 11.9 Å². The summed E-state index contributed by atoms with van der Waals surface area (Å²) in [7, 11) is 3.49. The predicted octanol–water partition coefficient (Wildman–Crippen LogP) is 4.21. The highest BCUT2D eigenvalue weighted by atomic mass is 32.1. The highest BCUT2D eigenvalue weighted by Crippen LogP contribution is 2.30. The third-order valence-corrected chi connectivity index (χ3v) is 5.01. The summed E-state index contributed by atoms with van der Waals surface area (Å²) in [6, 6.07) is 9.74. The number of ether oxygens (including phenoxy) is 1. The second kappa shape index (κ2) is 6.31. The third-order valence-electron chi connectivity index (χ3n) is 3.87. The lowest BCUT2D eigenvalue weighted by molar-refractivity contribution is 0.0746. The summed E-state index contributed by atoms with van der Waals surface area (Å²) in [6.07, 6.45) is 0. The molecule has 21 heavy (non-hydrogen) atoms. The molecule has 1 unspecified atom stereocenters. The second-order valence-corrected chi connectivity index (χ2v) is 6.44. The van der Waals surface area contributed by atoms with E-state index in [9.17, 15) is 4.79 Å². The molecule has 0 saturated carbocycles. The van der Waals surface area contributed by atoms with Gasteiger partial charge in [-0.3, -0.25) is 4.79 Å². The zero-order chi connectivity index (χ0) is 15.6. The Kier molecular flexibility index (Phi) is 4.68. The SMILES string of the molecule is COc1ccccc1C(C)N(C)C(=O)c1cc(C)c(C)s1. The van der Waals surface area contributed by atoms with Crippen LogP contribution in [0, 0.1) is 13.8 Å². The Morgan fingerprint density at radius 3 is 2.52 bits per heavy atom. The number of nitrogens with zero attached hydrogens (tertiary/aromatic N) is 1. The van der Waals surface area contributed by atoms with Gasteiger partial charge in [0.05, 0.1) is 18.0 Å². The number of rotatable bonds is 4. The number of benzene rings is 1. The highest BCUT2D eigenvalue weighted by Gasteiger charge is 2.22. The van der Waals surface area contributed by atoms with Gasteiger partial charge in [-0.05, 0) is 38.5 Å². The molecule has 1 atom stereocenters. The van der Waals surface area contributed by atoms with E-state index in [1.807, 2.05) is 58.2 Å². The zero-order valence-electron chi connectivity index (χ0n) is 13.1. The number of hydrogen-bond donors (Lipinski definition) is 0. The Morgan fingerprint density at radius 2 is 1.95 bits per heavy atom. The topological polar surface area (TPSA) is 29.5 Å². The molecule has 112 valence electrons. The van der Waals surface area contributed by atoms with Crippen molar-refractivity contribution in [3.05, 3.63) is 51.2 Å². The zero-order valence-corrected chi connectivity index (χ0v) is 14.0. The first kappa shape index (κ1) is 15.6. The lowest BCUT2D eigenvalue weighted by atomic mass is 10.1. The number of carbonyl (C=O) groups is 1. The number of para-hydroxylation sites is 1. The first-order chi connectivity index (χ1) is 9.95. The molecule has 1 amide bonds. The Balaban J connectivity index is 2.26. The fourth-order valence-electron chi connectivity index (χ4n) is 2.25. The van der Waals surface area contributed by atoms with E-state index >= 15 is 0 Å². The van der Waals surface area contributed by atoms with Crippen molar-refractivity contribution in [1.82, 2.24) is 4.90 Å². The Bertz CT molecular complexity index is 628. The van der Waals surface area contributed by atoms with E-state index in [4.69, 9.17) is 4.74 Å². The van der Waals surface area contributed by atoms with Crippen LogP contribution in [0.15, 0.2) is 30.3 Å². The van der Waals surface area contributed by atoms with Gasteiger partial charge in [-0.25, -0.2) is 0 Å². The molecule has 3 nitrogen and oxygen atoms in total. The minimum absolute atomic E-state index is 0.0450. The summed E-state index contributed by atoms with van der Waals surface area (Å²) in [5, 5.41) is 0. The molecule has 0 spiro atoms. The van der Waals surface area contributed by atoms with E-state index < -0.39 is 0 Å². The number of amides is 1. The summed E-state index contributed by atoms with van der Waals surface area (Å²) in [4.78, 5) is 16.4. The van der Waals surface area contributed by atoms with Gasteiger partial charge in [-0.2, -0.15) is 0 Å². The fourth-order valence-corrected chi connectivity index (χ4v) is 3.27. The van der Waals surface area contributed by atoms with Gasteiger partial charge in [0, 0.05) is 17.5 Å². The van der Waals surface area contributed by atoms with Gasteiger partial charge >= 0.3 is 0 Å². The van der Waals surface area contributed by atoms with Gasteiger partial charge in [-0.15, -0.1) is 11.3 Å². The molecule has 2 rings (SSSR count). The molecule has 0 aliphatic carbocycles. The third kappa shape index (κ3) is 3.10. The van der Waals surface area contributed by atoms with Gasteiger partial charge in [0.1, 0.15) is 5.75 Å². The molecule has 4 heteroatoms. The van der Waals surface area contributed by atoms with Crippen LogP contribution >= 0.6 is 11.3 Å². The van der Waals surface area contributed by atoms with Crippen LogP contribution in [0.25, 0.3) is 0 Å². The van der Waals surface area contributed by atoms with Gasteiger partial charge in [0.2, 0.25) is 0 Å². The monoisotopic (exact) mass is 303 g/mol. The number of hydrogen-bond acceptors (Lipinski definition) is 3. The quantitative estimate of drug-likeness (QED) is 0.847. The summed E-state index contributed by atoms with van der Waals surface area (Å²) in [5.41, 5.74) is 2.18. The minimum Gasteiger partial charge on any atom is -0.496 e. The van der Waals surface area contributed by atoms with Gasteiger partial charge in [0.15, 0.2) is 0 Å². The molecule has 0 N–H and O–H groups in total. The van der Waals surface area contributed by atoms with Crippen molar-refractivity contribution >= 4 is 17.2 Å². The highest BCUT2D eigenvalue weighted by molar-refractivity contribution is 7.14. The average molecular weight is 303 g/mol. The lowest BCUT2D eigenvalue weighted by Crippen LogP contribution is -2.29. The van der Waals surface area contributed by atoms with Gasteiger partial charge in [-0.1, -0.05) is 18.2 Å². The summed E-state index contributed by atoms with van der Waals surface area (Å²) >= 11 is 1.55. The van der Waals surface area contributed by atoms with Crippen molar-refractivity contribution in [2.45, 2.75) is 26.8 Å². The van der Waals surface area contributed by atoms with Crippen LogP contribution in [0.3, 0.4) is 0 Å². The maximum absolute atomic E-state index is 12.6. The molecule has 0 aliphatic heterocycles. The molecule has 1 heterocycles. The maximum atomic E-state index is 12.6. The van der Waals surface area contributed by atoms with Crippen molar-refractivity contribution in [3.63, 3.8) is 0 Å². The van der Waals surface area contributed by atoms with E-state index in [1.54, 1.807) is 23.3 Å². The van der Waals surface area contributed by atoms with E-state index in [2.05, 4.69) is 0 Å². The smallest absolute Gasteiger partial charge is 0.264 e. The van der Waals surface area contributed by atoms with Crippen molar-refractivity contribution in [2.75, 3.05) is 14.2 Å². The Morgan fingerprint density at radius 1 is 1.29 bits per heavy atom. The van der Waals surface area contributed by atoms with Gasteiger partial charge in [0.25, 0.3) is 5.91 Å². The van der Waals surface area contributed by atoms with Crippen molar-refractivity contribution in [1.29, 1.82) is 0 Å². The molecule has 0 fully saturated rings. The summed E-state index contributed by atoms with van der Waals surface area (Å²) in [6.45, 7) is 6.09. The molecule has 1 aromatic carbocycles. The summed E-state index contributed by atoms with van der Waals surface area (Å²) in [5.74, 6) is 0.859. The lowest BCUT2D eigenvalue weighted by Gasteiger charge is -2.26. The molecule has 0 bridgehead atoms. The molecule has 0 aliphatic rings. The first-order valence-corrected chi connectivity index (χ1v) is 7.74. The average Bonchev–Trinajstić information content (AvgIpc) is 2.84. The molecular weight excluding hydrogens is 282 g/mol. The van der Waals surface area contributed by atoms with Crippen molar-refractivity contribution < 1.29 is 9.53 Å². The van der Waals surface area contributed by atoms with E-state index in [0.29, 0.717) is 0 Å². The van der Waals surface area contributed by atoms with Gasteiger partial charge < -0.3 is 9.64 Å². The van der Waals surface area contributed by atoms with E-state index in [0.717, 1.165) is 16.2 Å². The fraction of sp³-hybridized carbons (Fsp3) is 0.353. The number of carbonyl (C=O) groups excluding carboxylic acids is 1. The van der Waals surface area contributed by atoms with Crippen LogP contribution in [0.4, 0.5) is 0 Å². The number of methoxy groups -OCH3 is 1. The van der Waals surface area contributed by atoms with Crippen LogP contribution in [-0.2, 0) is 0 Å². The van der Waals surface area contributed by atoms with Crippen LogP contribution in [-0.4, -0.2) is 25.0 Å². The van der Waals surface area contributed by atoms with Crippen LogP contribution in [0.1, 0.15) is 38.6 Å². The molecule has 0 radical (unpaired) electrons. The largest absolute Gasteiger partial charge is 0.496 e. The van der Waals surface area contributed by atoms with Crippen LogP contribution < -0.4 is 4.74 Å². The summed E-state index contributed by atoms with van der Waals surface area (Å²) < 4.78 is 5.39. The Hall–Kier alpha value is -1.81. The first-order valence-electron chi connectivity index (χ1n) is 6.92. The standard InChI is InChI=1S/C17H21NO2S/c1-11-10-16(21-13(11)3)17(19)18(4)12(2)14-8-6-7-9-15(14)20-5/h6-10,12H,1-5H3. The number of thiophene rings is 1. The normalized spacial score (nSPS) is 12.0. The molecule has 0 saturated heterocycles. The minimum atomic E-state index is -0.0450. The van der Waals surface area contributed by atoms with Crippen molar-refractivity contribution in [2.24, 2.45) is 0 Å². The predicted molar refractivity (Wildman–Crippen MR) is 87.3 cm³/mol. The molecule has 2 aromatic rings. The van der Waals surface area contributed by atoms with Crippen LogP contribution in [0.5, 0.6) is 5.75 Å². The van der Waals surface area contributed by atoms with Crippen molar-refractivity contribution in [3.8, 4) is 5.75 Å². The van der Waals surface area contributed by atoms with E-state index in [1.165, 1.54) is 10.4 Å². The second-order valence-electron chi connectivity index (χ2n) is 5.18. The Labute approximate surface area is 130 Å². The number of aryl methyl sites for hydroxylation is 2. The molecule has 1 aromatic heterocycles. The maximum Gasteiger partial charge on any atom is 0.264 e. The molecular formula is C17H21NO2S. The van der Waals surface area contributed by atoms with Crippen LogP contribution in [0.2, 0.25) is 0 Å².